The molecule has 0 saturated heterocycles. The van der Waals surface area contributed by atoms with Gasteiger partial charge in [0.05, 0.1) is 9.36 Å². The number of rotatable bonds is 5. The molecule has 0 fully saturated rings. The van der Waals surface area contributed by atoms with Crippen molar-refractivity contribution in [3.8, 4) is 0 Å². The van der Waals surface area contributed by atoms with Crippen LogP contribution in [0.1, 0.15) is 10.4 Å². The van der Waals surface area contributed by atoms with Crippen LogP contribution in [0.5, 0.6) is 0 Å². The molecule has 0 aliphatic carbocycles. The number of hydrogen-bond acceptors (Lipinski definition) is 2. The van der Waals surface area contributed by atoms with Crippen molar-refractivity contribution >= 4 is 34.5 Å². The predicted octanol–water partition coefficient (Wildman–Crippen LogP) is 4.53. The molecule has 1 nitrogen and oxygen atoms in total. The van der Waals surface area contributed by atoms with Crippen LogP contribution < -0.4 is 5.32 Å². The second-order valence-electron chi connectivity index (χ2n) is 3.85. The highest BCUT2D eigenvalue weighted by Crippen LogP contribution is 2.21. The zero-order chi connectivity index (χ0) is 13.0. The van der Waals surface area contributed by atoms with Crippen molar-refractivity contribution in [2.45, 2.75) is 13.0 Å². The molecule has 0 spiro atoms. The molecule has 0 radical (unpaired) electrons. The third-order valence-corrected chi connectivity index (χ3v) is 4.11. The standard InChI is InChI=1S/C13H12Cl2FNS/c14-11-3-1-2-9(13(11)16)8-17-7-6-10-4-5-12(15)18-10/h1-5,17H,6-8H2. The average Bonchev–Trinajstić information content (AvgIpc) is 2.76. The van der Waals surface area contributed by atoms with Crippen LogP contribution in [0.2, 0.25) is 9.36 Å². The van der Waals surface area contributed by atoms with Crippen molar-refractivity contribution in [3.05, 3.63) is 55.9 Å². The van der Waals surface area contributed by atoms with Crippen LogP contribution in [-0.4, -0.2) is 6.54 Å². The maximum atomic E-state index is 13.6. The topological polar surface area (TPSA) is 12.0 Å². The molecule has 0 bridgehead atoms. The van der Waals surface area contributed by atoms with Crippen LogP contribution in [0, 0.1) is 5.82 Å². The fraction of sp³-hybridized carbons (Fsp3) is 0.231. The Morgan fingerprint density at radius 1 is 1.17 bits per heavy atom. The lowest BCUT2D eigenvalue weighted by atomic mass is 10.2. The van der Waals surface area contributed by atoms with Gasteiger partial charge in [0.2, 0.25) is 0 Å². The summed E-state index contributed by atoms with van der Waals surface area (Å²) in [6.07, 6.45) is 0.888. The van der Waals surface area contributed by atoms with Gasteiger partial charge in [-0.1, -0.05) is 35.3 Å². The van der Waals surface area contributed by atoms with E-state index in [2.05, 4.69) is 5.32 Å². The Bertz CT molecular complexity index is 527. The van der Waals surface area contributed by atoms with Crippen molar-refractivity contribution in [1.29, 1.82) is 0 Å². The number of thiophene rings is 1. The molecule has 0 saturated carbocycles. The molecule has 5 heteroatoms. The van der Waals surface area contributed by atoms with Gasteiger partial charge in [0.25, 0.3) is 0 Å². The Labute approximate surface area is 120 Å². The Hall–Kier alpha value is -0.610. The van der Waals surface area contributed by atoms with Crippen LogP contribution in [0.15, 0.2) is 30.3 Å². The lowest BCUT2D eigenvalue weighted by Gasteiger charge is -2.06. The molecular weight excluding hydrogens is 292 g/mol. The summed E-state index contributed by atoms with van der Waals surface area (Å²) in [5, 5.41) is 3.36. The van der Waals surface area contributed by atoms with Gasteiger partial charge < -0.3 is 5.32 Å². The molecule has 1 N–H and O–H groups in total. The van der Waals surface area contributed by atoms with Crippen molar-refractivity contribution in [2.75, 3.05) is 6.54 Å². The van der Waals surface area contributed by atoms with E-state index < -0.39 is 0 Å². The predicted molar refractivity (Wildman–Crippen MR) is 76.1 cm³/mol. The average molecular weight is 304 g/mol. The molecule has 2 aromatic rings. The summed E-state index contributed by atoms with van der Waals surface area (Å²) in [7, 11) is 0. The molecule has 1 aromatic heterocycles. The molecule has 1 heterocycles. The highest BCUT2D eigenvalue weighted by molar-refractivity contribution is 7.16. The largest absolute Gasteiger partial charge is 0.312 e. The zero-order valence-corrected chi connectivity index (χ0v) is 11.9. The van der Waals surface area contributed by atoms with Gasteiger partial charge in [0.1, 0.15) is 5.82 Å². The van der Waals surface area contributed by atoms with Gasteiger partial charge in [-0.25, -0.2) is 4.39 Å². The van der Waals surface area contributed by atoms with E-state index in [9.17, 15) is 4.39 Å². The molecule has 1 aromatic carbocycles. The zero-order valence-electron chi connectivity index (χ0n) is 9.55. The second-order valence-corrected chi connectivity index (χ2v) is 6.05. The summed E-state index contributed by atoms with van der Waals surface area (Å²) in [6.45, 7) is 1.26. The maximum Gasteiger partial charge on any atom is 0.146 e. The van der Waals surface area contributed by atoms with Crippen LogP contribution in [-0.2, 0) is 13.0 Å². The number of benzene rings is 1. The van der Waals surface area contributed by atoms with Gasteiger partial charge in [-0.05, 0) is 24.6 Å². The Kier molecular flexibility index (Phi) is 5.01. The lowest BCUT2D eigenvalue weighted by Crippen LogP contribution is -2.17. The molecule has 0 unspecified atom stereocenters. The van der Waals surface area contributed by atoms with E-state index in [1.54, 1.807) is 29.5 Å². The molecule has 2 rings (SSSR count). The first-order valence-corrected chi connectivity index (χ1v) is 7.12. The van der Waals surface area contributed by atoms with Gasteiger partial charge in [-0.15, -0.1) is 11.3 Å². The first-order valence-electron chi connectivity index (χ1n) is 5.54. The van der Waals surface area contributed by atoms with E-state index in [0.29, 0.717) is 12.1 Å². The summed E-state index contributed by atoms with van der Waals surface area (Å²) in [4.78, 5) is 1.22. The summed E-state index contributed by atoms with van der Waals surface area (Å²) in [5.74, 6) is -0.342. The van der Waals surface area contributed by atoms with E-state index in [4.69, 9.17) is 23.2 Å². The third-order valence-electron chi connectivity index (χ3n) is 2.52. The second kappa shape index (κ2) is 6.53. The summed E-state index contributed by atoms with van der Waals surface area (Å²) in [5.41, 5.74) is 0.590. The van der Waals surface area contributed by atoms with Gasteiger partial charge in [0.15, 0.2) is 0 Å². The maximum absolute atomic E-state index is 13.6. The van der Waals surface area contributed by atoms with Gasteiger partial charge in [-0.3, -0.25) is 0 Å². The minimum atomic E-state index is -0.342. The number of halogens is 3. The molecule has 0 amide bonds. The molecule has 0 atom stereocenters. The third kappa shape index (κ3) is 3.69. The Balaban J connectivity index is 1.80. The van der Waals surface area contributed by atoms with Crippen molar-refractivity contribution < 1.29 is 4.39 Å². The van der Waals surface area contributed by atoms with Crippen LogP contribution in [0.3, 0.4) is 0 Å². The van der Waals surface area contributed by atoms with E-state index in [0.717, 1.165) is 17.3 Å². The fourth-order valence-corrected chi connectivity index (χ4v) is 2.89. The first kappa shape index (κ1) is 13.8. The van der Waals surface area contributed by atoms with Crippen LogP contribution in [0.4, 0.5) is 4.39 Å². The monoisotopic (exact) mass is 303 g/mol. The molecule has 0 aliphatic rings. The SMILES string of the molecule is Fc1c(Cl)cccc1CNCCc1ccc(Cl)s1. The summed E-state index contributed by atoms with van der Waals surface area (Å²) in [6, 6.07) is 8.93. The van der Waals surface area contributed by atoms with Crippen molar-refractivity contribution in [2.24, 2.45) is 0 Å². The Morgan fingerprint density at radius 3 is 2.72 bits per heavy atom. The molecule has 0 aliphatic heterocycles. The van der Waals surface area contributed by atoms with E-state index in [1.807, 2.05) is 12.1 Å². The highest BCUT2D eigenvalue weighted by atomic mass is 35.5. The van der Waals surface area contributed by atoms with Crippen LogP contribution in [0.25, 0.3) is 0 Å². The summed E-state index contributed by atoms with van der Waals surface area (Å²) >= 11 is 13.1. The first-order chi connectivity index (χ1) is 8.66. The minimum absolute atomic E-state index is 0.166. The normalized spacial score (nSPS) is 10.8. The molecule has 96 valence electrons. The van der Waals surface area contributed by atoms with Gasteiger partial charge >= 0.3 is 0 Å². The summed E-state index contributed by atoms with van der Waals surface area (Å²) < 4.78 is 14.4. The van der Waals surface area contributed by atoms with Crippen molar-refractivity contribution in [1.82, 2.24) is 5.32 Å². The molecular formula is C13H12Cl2FNS. The highest BCUT2D eigenvalue weighted by Gasteiger charge is 2.05. The minimum Gasteiger partial charge on any atom is -0.312 e. The quantitative estimate of drug-likeness (QED) is 0.800. The Morgan fingerprint density at radius 2 is 2.00 bits per heavy atom. The molecule has 18 heavy (non-hydrogen) atoms. The smallest absolute Gasteiger partial charge is 0.146 e. The number of nitrogens with one attached hydrogen (secondary N) is 1. The van der Waals surface area contributed by atoms with E-state index >= 15 is 0 Å². The van der Waals surface area contributed by atoms with E-state index in [1.165, 1.54) is 4.88 Å². The lowest BCUT2D eigenvalue weighted by molar-refractivity contribution is 0.589. The number of hydrogen-bond donors (Lipinski definition) is 1. The van der Waals surface area contributed by atoms with Crippen LogP contribution >= 0.6 is 34.5 Å². The fourth-order valence-electron chi connectivity index (χ4n) is 1.61. The van der Waals surface area contributed by atoms with Gasteiger partial charge in [0, 0.05) is 23.5 Å². The van der Waals surface area contributed by atoms with Gasteiger partial charge in [-0.2, -0.15) is 0 Å². The van der Waals surface area contributed by atoms with Crippen molar-refractivity contribution in [3.63, 3.8) is 0 Å². The van der Waals surface area contributed by atoms with E-state index in [-0.39, 0.29) is 10.8 Å².